The molecule has 0 saturated heterocycles. The van der Waals surface area contributed by atoms with E-state index in [9.17, 15) is 4.79 Å². The highest BCUT2D eigenvalue weighted by Gasteiger charge is 2.16. The Labute approximate surface area is 87.3 Å². The van der Waals surface area contributed by atoms with E-state index in [0.29, 0.717) is 5.56 Å². The maximum absolute atomic E-state index is 11.4. The van der Waals surface area contributed by atoms with Crippen LogP contribution in [-0.4, -0.2) is 26.0 Å². The first kappa shape index (κ1) is 11.0. The summed E-state index contributed by atoms with van der Waals surface area (Å²) in [5, 5.41) is 7.32. The highest BCUT2D eigenvalue weighted by atomic mass is 16.5. The first-order valence-electron chi connectivity index (χ1n) is 4.21. The first-order chi connectivity index (χ1) is 7.11. The number of nitrogens with one attached hydrogen (secondary N) is 1. The molecule has 0 aliphatic heterocycles. The van der Waals surface area contributed by atoms with E-state index in [0.717, 1.165) is 0 Å². The van der Waals surface area contributed by atoms with Gasteiger partial charge in [0.2, 0.25) is 0 Å². The third-order valence-corrected chi connectivity index (χ3v) is 1.91. The van der Waals surface area contributed by atoms with Gasteiger partial charge in [-0.1, -0.05) is 6.07 Å². The molecular formula is C10H12N2O3. The lowest BCUT2D eigenvalue weighted by atomic mass is 10.1. The van der Waals surface area contributed by atoms with Gasteiger partial charge >= 0.3 is 5.97 Å². The van der Waals surface area contributed by atoms with E-state index >= 15 is 0 Å². The van der Waals surface area contributed by atoms with Gasteiger partial charge in [0.1, 0.15) is 17.1 Å². The van der Waals surface area contributed by atoms with E-state index in [2.05, 4.69) is 4.74 Å². The molecule has 15 heavy (non-hydrogen) atoms. The summed E-state index contributed by atoms with van der Waals surface area (Å²) in [5.74, 6) is -0.413. The molecule has 0 aromatic heterocycles. The van der Waals surface area contributed by atoms with Crippen molar-refractivity contribution < 1.29 is 14.3 Å². The number of rotatable bonds is 3. The number of nitrogens with two attached hydrogens (primary N) is 1. The van der Waals surface area contributed by atoms with Crippen molar-refractivity contribution in [1.82, 2.24) is 0 Å². The van der Waals surface area contributed by atoms with Gasteiger partial charge in [0.05, 0.1) is 19.8 Å². The van der Waals surface area contributed by atoms with Crippen LogP contribution in [0.15, 0.2) is 18.2 Å². The number of para-hydroxylation sites is 1. The number of benzene rings is 1. The normalized spacial score (nSPS) is 9.47. The SMILES string of the molecule is COC(=O)c1cccc(C(=N)N)c1OC. The second kappa shape index (κ2) is 4.45. The van der Waals surface area contributed by atoms with Crippen LogP contribution in [-0.2, 0) is 4.74 Å². The number of carbonyl (C=O) groups is 1. The Hall–Kier alpha value is -2.04. The fraction of sp³-hybridized carbons (Fsp3) is 0.200. The van der Waals surface area contributed by atoms with Crippen molar-refractivity contribution in [2.24, 2.45) is 5.73 Å². The van der Waals surface area contributed by atoms with Crippen LogP contribution in [0.5, 0.6) is 5.75 Å². The lowest BCUT2D eigenvalue weighted by Crippen LogP contribution is -2.15. The maximum Gasteiger partial charge on any atom is 0.341 e. The monoisotopic (exact) mass is 208 g/mol. The van der Waals surface area contributed by atoms with Gasteiger partial charge in [-0.25, -0.2) is 4.79 Å². The van der Waals surface area contributed by atoms with Crippen LogP contribution < -0.4 is 10.5 Å². The number of amidine groups is 1. The molecule has 0 aliphatic carbocycles. The average Bonchev–Trinajstić information content (AvgIpc) is 2.26. The molecule has 0 saturated carbocycles. The lowest BCUT2D eigenvalue weighted by Gasteiger charge is -2.10. The van der Waals surface area contributed by atoms with Gasteiger partial charge in [-0.3, -0.25) is 5.41 Å². The van der Waals surface area contributed by atoms with Crippen molar-refractivity contribution in [1.29, 1.82) is 5.41 Å². The van der Waals surface area contributed by atoms with Crippen molar-refractivity contribution >= 4 is 11.8 Å². The number of hydrogen-bond acceptors (Lipinski definition) is 4. The molecule has 80 valence electrons. The molecule has 0 heterocycles. The molecule has 0 fully saturated rings. The van der Waals surface area contributed by atoms with E-state index < -0.39 is 5.97 Å². The Bertz CT molecular complexity index is 402. The Balaban J connectivity index is 3.34. The molecule has 0 unspecified atom stereocenters. The molecule has 0 radical (unpaired) electrons. The standard InChI is InChI=1S/C10H12N2O3/c1-14-8-6(9(11)12)4-3-5-7(8)10(13)15-2/h3-5H,1-2H3,(H3,11,12). The minimum absolute atomic E-state index is 0.155. The van der Waals surface area contributed by atoms with Gasteiger partial charge in [-0.15, -0.1) is 0 Å². The Kier molecular flexibility index (Phi) is 3.28. The van der Waals surface area contributed by atoms with Gasteiger partial charge in [0.15, 0.2) is 0 Å². The summed E-state index contributed by atoms with van der Waals surface area (Å²) in [5.41, 5.74) is 5.98. The fourth-order valence-electron chi connectivity index (χ4n) is 1.24. The number of ether oxygens (including phenoxy) is 2. The van der Waals surface area contributed by atoms with Crippen molar-refractivity contribution in [2.75, 3.05) is 14.2 Å². The van der Waals surface area contributed by atoms with Crippen LogP contribution in [0.3, 0.4) is 0 Å². The molecular weight excluding hydrogens is 196 g/mol. The predicted molar refractivity (Wildman–Crippen MR) is 55.3 cm³/mol. The predicted octanol–water partition coefficient (Wildman–Crippen LogP) is 0.766. The molecule has 1 aromatic rings. The summed E-state index contributed by atoms with van der Waals surface area (Å²) in [6.45, 7) is 0. The quantitative estimate of drug-likeness (QED) is 0.436. The highest BCUT2D eigenvalue weighted by molar-refractivity contribution is 6.02. The second-order valence-electron chi connectivity index (χ2n) is 2.79. The smallest absolute Gasteiger partial charge is 0.341 e. The molecule has 3 N–H and O–H groups in total. The molecule has 0 atom stereocenters. The lowest BCUT2D eigenvalue weighted by molar-refractivity contribution is 0.0597. The molecule has 0 spiro atoms. The van der Waals surface area contributed by atoms with Crippen LogP contribution in [0.1, 0.15) is 15.9 Å². The molecule has 0 amide bonds. The van der Waals surface area contributed by atoms with E-state index in [1.54, 1.807) is 18.2 Å². The van der Waals surface area contributed by atoms with Crippen LogP contribution in [0.25, 0.3) is 0 Å². The zero-order valence-corrected chi connectivity index (χ0v) is 8.53. The zero-order valence-electron chi connectivity index (χ0n) is 8.53. The minimum Gasteiger partial charge on any atom is -0.495 e. The number of carbonyl (C=O) groups excluding carboxylic acids is 1. The van der Waals surface area contributed by atoms with E-state index in [4.69, 9.17) is 15.9 Å². The first-order valence-corrected chi connectivity index (χ1v) is 4.21. The number of hydrogen-bond donors (Lipinski definition) is 2. The largest absolute Gasteiger partial charge is 0.495 e. The minimum atomic E-state index is -0.519. The zero-order chi connectivity index (χ0) is 11.4. The summed E-state index contributed by atoms with van der Waals surface area (Å²) in [6, 6.07) is 4.77. The molecule has 1 rings (SSSR count). The van der Waals surface area contributed by atoms with Gasteiger partial charge in [-0.05, 0) is 12.1 Å². The van der Waals surface area contributed by atoms with Crippen molar-refractivity contribution in [3.63, 3.8) is 0 Å². The summed E-state index contributed by atoms with van der Waals surface area (Å²) in [6.07, 6.45) is 0. The van der Waals surface area contributed by atoms with Gasteiger partial charge in [-0.2, -0.15) is 0 Å². The van der Waals surface area contributed by atoms with Crippen molar-refractivity contribution in [2.45, 2.75) is 0 Å². The summed E-state index contributed by atoms with van der Waals surface area (Å²) < 4.78 is 9.62. The molecule has 5 nitrogen and oxygen atoms in total. The summed E-state index contributed by atoms with van der Waals surface area (Å²) in [7, 11) is 2.69. The molecule has 0 bridgehead atoms. The Morgan fingerprint density at radius 1 is 1.33 bits per heavy atom. The van der Waals surface area contributed by atoms with Gasteiger partial charge in [0.25, 0.3) is 0 Å². The molecule has 0 aliphatic rings. The maximum atomic E-state index is 11.4. The van der Waals surface area contributed by atoms with E-state index in [1.165, 1.54) is 14.2 Å². The van der Waals surface area contributed by atoms with Crippen molar-refractivity contribution in [3.05, 3.63) is 29.3 Å². The van der Waals surface area contributed by atoms with Crippen LogP contribution in [0.4, 0.5) is 0 Å². The van der Waals surface area contributed by atoms with Crippen LogP contribution in [0.2, 0.25) is 0 Å². The van der Waals surface area contributed by atoms with E-state index in [1.807, 2.05) is 0 Å². The highest BCUT2D eigenvalue weighted by Crippen LogP contribution is 2.23. The van der Waals surface area contributed by atoms with E-state index in [-0.39, 0.29) is 17.1 Å². The molecule has 1 aromatic carbocycles. The number of nitrogen functional groups attached to an aromatic ring is 1. The van der Waals surface area contributed by atoms with Crippen LogP contribution >= 0.6 is 0 Å². The second-order valence-corrected chi connectivity index (χ2v) is 2.79. The topological polar surface area (TPSA) is 85.4 Å². The average molecular weight is 208 g/mol. The third-order valence-electron chi connectivity index (χ3n) is 1.91. The Morgan fingerprint density at radius 3 is 2.40 bits per heavy atom. The van der Waals surface area contributed by atoms with Crippen molar-refractivity contribution in [3.8, 4) is 5.75 Å². The Morgan fingerprint density at radius 2 is 1.93 bits per heavy atom. The number of esters is 1. The molecule has 5 heteroatoms. The summed E-state index contributed by atoms with van der Waals surface area (Å²) >= 11 is 0. The third kappa shape index (κ3) is 2.07. The summed E-state index contributed by atoms with van der Waals surface area (Å²) in [4.78, 5) is 11.4. The fourth-order valence-corrected chi connectivity index (χ4v) is 1.24. The van der Waals surface area contributed by atoms with Gasteiger partial charge in [0, 0.05) is 0 Å². The van der Waals surface area contributed by atoms with Gasteiger partial charge < -0.3 is 15.2 Å². The van der Waals surface area contributed by atoms with Crippen LogP contribution in [0, 0.1) is 5.41 Å². The number of methoxy groups -OCH3 is 2.